The van der Waals surface area contributed by atoms with Gasteiger partial charge in [-0.1, -0.05) is 78.9 Å². The Labute approximate surface area is 199 Å². The van der Waals surface area contributed by atoms with Crippen LogP contribution in [0.2, 0.25) is 0 Å². The van der Waals surface area contributed by atoms with Crippen LogP contribution in [0, 0.1) is 5.92 Å². The SMILES string of the molecule is CS(=O)(=O)c1c(-c2ccccc2)nc2ccccc2c1CC(=O)NC(c1ccccc1)C1CC1. The molecule has 1 heterocycles. The number of hydrogen-bond acceptors (Lipinski definition) is 4. The van der Waals surface area contributed by atoms with E-state index < -0.39 is 9.84 Å². The first kappa shape index (κ1) is 22.3. The van der Waals surface area contributed by atoms with Crippen LogP contribution in [0.1, 0.15) is 30.0 Å². The Balaban J connectivity index is 1.60. The highest BCUT2D eigenvalue weighted by atomic mass is 32.2. The average molecular weight is 471 g/mol. The molecule has 0 spiro atoms. The van der Waals surface area contributed by atoms with Crippen molar-refractivity contribution in [2.45, 2.75) is 30.2 Å². The number of carbonyl (C=O) groups is 1. The van der Waals surface area contributed by atoms with E-state index in [4.69, 9.17) is 4.98 Å². The van der Waals surface area contributed by atoms with Crippen molar-refractivity contribution in [3.8, 4) is 11.3 Å². The van der Waals surface area contributed by atoms with Crippen molar-refractivity contribution in [2.24, 2.45) is 5.92 Å². The van der Waals surface area contributed by atoms with Crippen molar-refractivity contribution in [1.82, 2.24) is 10.3 Å². The molecule has 0 radical (unpaired) electrons. The summed E-state index contributed by atoms with van der Waals surface area (Å²) in [6.45, 7) is 0. The van der Waals surface area contributed by atoms with E-state index in [2.05, 4.69) is 5.32 Å². The van der Waals surface area contributed by atoms with E-state index >= 15 is 0 Å². The molecule has 5 nitrogen and oxygen atoms in total. The standard InChI is InChI=1S/C28H26N2O3S/c1-34(32,33)28-23(18-25(31)30-26(21-16-17-21)19-10-4-2-5-11-19)22-14-8-9-15-24(22)29-27(28)20-12-6-3-7-13-20/h2-15,21,26H,16-18H2,1H3,(H,30,31). The molecule has 6 heteroatoms. The highest BCUT2D eigenvalue weighted by molar-refractivity contribution is 7.91. The molecule has 1 saturated carbocycles. The molecular formula is C28H26N2O3S. The van der Waals surface area contributed by atoms with Gasteiger partial charge in [0.15, 0.2) is 9.84 Å². The third-order valence-electron chi connectivity index (χ3n) is 6.27. The number of benzene rings is 3. The predicted molar refractivity (Wildman–Crippen MR) is 134 cm³/mol. The molecule has 3 aromatic carbocycles. The molecule has 0 aliphatic heterocycles. The lowest BCUT2D eigenvalue weighted by Crippen LogP contribution is -2.31. The van der Waals surface area contributed by atoms with Gasteiger partial charge >= 0.3 is 0 Å². The molecule has 1 aromatic heterocycles. The van der Waals surface area contributed by atoms with E-state index in [0.29, 0.717) is 33.6 Å². The first-order valence-electron chi connectivity index (χ1n) is 11.4. The molecule has 172 valence electrons. The Morgan fingerprint density at radius 2 is 1.56 bits per heavy atom. The Morgan fingerprint density at radius 1 is 0.941 bits per heavy atom. The van der Waals surface area contributed by atoms with Gasteiger partial charge in [-0.15, -0.1) is 0 Å². The molecule has 0 saturated heterocycles. The summed E-state index contributed by atoms with van der Waals surface area (Å²) in [5.41, 5.74) is 3.32. The van der Waals surface area contributed by atoms with Crippen LogP contribution >= 0.6 is 0 Å². The van der Waals surface area contributed by atoms with Crippen molar-refractivity contribution < 1.29 is 13.2 Å². The van der Waals surface area contributed by atoms with Crippen LogP contribution in [0.25, 0.3) is 22.2 Å². The maximum absolute atomic E-state index is 13.4. The fourth-order valence-electron chi connectivity index (χ4n) is 4.58. The Morgan fingerprint density at radius 3 is 2.21 bits per heavy atom. The number of rotatable bonds is 7. The summed E-state index contributed by atoms with van der Waals surface area (Å²) in [5.74, 6) is 0.218. The number of nitrogens with zero attached hydrogens (tertiary/aromatic N) is 1. The maximum Gasteiger partial charge on any atom is 0.224 e. The summed E-state index contributed by atoms with van der Waals surface area (Å²) >= 11 is 0. The van der Waals surface area contributed by atoms with Crippen LogP contribution < -0.4 is 5.32 Å². The zero-order valence-electron chi connectivity index (χ0n) is 18.9. The molecule has 1 aliphatic rings. The van der Waals surface area contributed by atoms with E-state index in [-0.39, 0.29) is 23.3 Å². The van der Waals surface area contributed by atoms with Gasteiger partial charge in [-0.3, -0.25) is 4.79 Å². The van der Waals surface area contributed by atoms with Gasteiger partial charge in [-0.2, -0.15) is 0 Å². The van der Waals surface area contributed by atoms with Gasteiger partial charge in [0.05, 0.1) is 28.6 Å². The van der Waals surface area contributed by atoms with Gasteiger partial charge < -0.3 is 5.32 Å². The second kappa shape index (κ2) is 9.03. The third-order valence-corrected chi connectivity index (χ3v) is 7.46. The van der Waals surface area contributed by atoms with Crippen LogP contribution in [-0.4, -0.2) is 25.6 Å². The monoisotopic (exact) mass is 470 g/mol. The van der Waals surface area contributed by atoms with Crippen molar-refractivity contribution in [1.29, 1.82) is 0 Å². The summed E-state index contributed by atoms with van der Waals surface area (Å²) in [5, 5.41) is 3.87. The van der Waals surface area contributed by atoms with E-state index in [1.54, 1.807) is 0 Å². The van der Waals surface area contributed by atoms with Gasteiger partial charge in [0.2, 0.25) is 5.91 Å². The quantitative estimate of drug-likeness (QED) is 0.407. The van der Waals surface area contributed by atoms with Crippen LogP contribution in [0.5, 0.6) is 0 Å². The second-order valence-corrected chi connectivity index (χ2v) is 10.8. The summed E-state index contributed by atoms with van der Waals surface area (Å²) in [6, 6.07) is 26.6. The van der Waals surface area contributed by atoms with Crippen LogP contribution in [0.15, 0.2) is 89.8 Å². The van der Waals surface area contributed by atoms with Crippen molar-refractivity contribution in [3.63, 3.8) is 0 Å². The Bertz CT molecular complexity index is 1450. The number of sulfone groups is 1. The molecule has 0 bridgehead atoms. The molecule has 34 heavy (non-hydrogen) atoms. The average Bonchev–Trinajstić information content (AvgIpc) is 3.68. The number of pyridine rings is 1. The van der Waals surface area contributed by atoms with Crippen molar-refractivity contribution in [2.75, 3.05) is 6.26 Å². The van der Waals surface area contributed by atoms with Gasteiger partial charge in [0.1, 0.15) is 0 Å². The lowest BCUT2D eigenvalue weighted by molar-refractivity contribution is -0.121. The number of aromatic nitrogens is 1. The number of fused-ring (bicyclic) bond motifs is 1. The van der Waals surface area contributed by atoms with E-state index in [9.17, 15) is 13.2 Å². The normalized spacial score (nSPS) is 14.6. The predicted octanol–water partition coefficient (Wildman–Crippen LogP) is 5.12. The first-order valence-corrected chi connectivity index (χ1v) is 13.3. The molecule has 1 atom stereocenters. The van der Waals surface area contributed by atoms with Gasteiger partial charge in [0.25, 0.3) is 0 Å². The van der Waals surface area contributed by atoms with Gasteiger partial charge in [-0.25, -0.2) is 13.4 Å². The van der Waals surface area contributed by atoms with Crippen molar-refractivity contribution >= 4 is 26.6 Å². The number of para-hydroxylation sites is 1. The summed E-state index contributed by atoms with van der Waals surface area (Å²) < 4.78 is 26.1. The molecule has 1 fully saturated rings. The zero-order chi connectivity index (χ0) is 23.7. The number of amides is 1. The Hall–Kier alpha value is -3.51. The van der Waals surface area contributed by atoms with E-state index in [1.807, 2.05) is 84.9 Å². The van der Waals surface area contributed by atoms with Crippen molar-refractivity contribution in [3.05, 3.63) is 96.1 Å². The summed E-state index contributed by atoms with van der Waals surface area (Å²) in [6.07, 6.45) is 3.29. The van der Waals surface area contributed by atoms with E-state index in [1.165, 1.54) is 6.26 Å². The smallest absolute Gasteiger partial charge is 0.224 e. The first-order chi connectivity index (χ1) is 16.4. The molecule has 1 N–H and O–H groups in total. The summed E-state index contributed by atoms with van der Waals surface area (Å²) in [7, 11) is -3.68. The van der Waals surface area contributed by atoms with Crippen LogP contribution in [0.3, 0.4) is 0 Å². The Kier molecular flexibility index (Phi) is 5.92. The fraction of sp³-hybridized carbons (Fsp3) is 0.214. The van der Waals surface area contributed by atoms with E-state index in [0.717, 1.165) is 18.4 Å². The topological polar surface area (TPSA) is 76.1 Å². The largest absolute Gasteiger partial charge is 0.349 e. The molecule has 5 rings (SSSR count). The minimum absolute atomic E-state index is 0.0404. The second-order valence-electron chi connectivity index (χ2n) is 8.89. The lowest BCUT2D eigenvalue weighted by atomic mass is 9.99. The molecule has 4 aromatic rings. The number of hydrogen-bond donors (Lipinski definition) is 1. The van der Waals surface area contributed by atoms with Gasteiger partial charge in [0, 0.05) is 17.2 Å². The highest BCUT2D eigenvalue weighted by Gasteiger charge is 2.34. The minimum Gasteiger partial charge on any atom is -0.349 e. The summed E-state index contributed by atoms with van der Waals surface area (Å²) in [4.78, 5) is 18.2. The van der Waals surface area contributed by atoms with Crippen LogP contribution in [0.4, 0.5) is 0 Å². The highest BCUT2D eigenvalue weighted by Crippen LogP contribution is 2.41. The molecule has 1 unspecified atom stereocenters. The lowest BCUT2D eigenvalue weighted by Gasteiger charge is -2.20. The molecular weight excluding hydrogens is 444 g/mol. The molecule has 1 amide bonds. The zero-order valence-corrected chi connectivity index (χ0v) is 19.8. The molecule has 1 aliphatic carbocycles. The van der Waals surface area contributed by atoms with Crippen LogP contribution in [-0.2, 0) is 21.1 Å². The number of nitrogens with one attached hydrogen (secondary N) is 1. The fourth-order valence-corrected chi connectivity index (χ4v) is 5.72. The maximum atomic E-state index is 13.4. The third kappa shape index (κ3) is 4.59. The van der Waals surface area contributed by atoms with Gasteiger partial charge in [-0.05, 0) is 36.0 Å². The number of carbonyl (C=O) groups excluding carboxylic acids is 1. The minimum atomic E-state index is -3.68.